The SMILES string of the molecule is CC(C)(O)O[C@@H]1C[C@H](n2cnc3c(N)ncnc32)O[C@@H]1CO. The van der Waals surface area contributed by atoms with Crippen LogP contribution in [0.1, 0.15) is 26.5 Å². The quantitative estimate of drug-likeness (QED) is 0.662. The zero-order chi connectivity index (χ0) is 15.9. The van der Waals surface area contributed by atoms with E-state index in [-0.39, 0.29) is 6.61 Å². The van der Waals surface area contributed by atoms with E-state index in [0.717, 1.165) is 0 Å². The van der Waals surface area contributed by atoms with Gasteiger partial charge >= 0.3 is 0 Å². The van der Waals surface area contributed by atoms with E-state index in [1.807, 2.05) is 0 Å². The van der Waals surface area contributed by atoms with Gasteiger partial charge in [-0.05, 0) is 13.8 Å². The average molecular weight is 309 g/mol. The highest BCUT2D eigenvalue weighted by molar-refractivity contribution is 5.81. The number of aliphatic hydroxyl groups excluding tert-OH is 1. The molecule has 9 nitrogen and oxygen atoms in total. The maximum atomic E-state index is 9.80. The molecule has 0 aromatic carbocycles. The number of imidazole rings is 1. The number of aliphatic hydroxyl groups is 2. The monoisotopic (exact) mass is 309 g/mol. The Hall–Kier alpha value is -1.81. The molecule has 0 unspecified atom stereocenters. The van der Waals surface area contributed by atoms with Gasteiger partial charge in [0.05, 0.1) is 19.0 Å². The first-order valence-corrected chi connectivity index (χ1v) is 6.98. The van der Waals surface area contributed by atoms with Crippen molar-refractivity contribution in [3.63, 3.8) is 0 Å². The van der Waals surface area contributed by atoms with Crippen molar-refractivity contribution in [3.05, 3.63) is 12.7 Å². The van der Waals surface area contributed by atoms with Gasteiger partial charge in [0.25, 0.3) is 0 Å². The van der Waals surface area contributed by atoms with Gasteiger partial charge in [-0.25, -0.2) is 15.0 Å². The van der Waals surface area contributed by atoms with Crippen LogP contribution in [0.4, 0.5) is 5.82 Å². The molecule has 3 heterocycles. The average Bonchev–Trinajstić information content (AvgIpc) is 3.01. The molecule has 22 heavy (non-hydrogen) atoms. The molecule has 0 bridgehead atoms. The highest BCUT2D eigenvalue weighted by atomic mass is 16.7. The topological polar surface area (TPSA) is 129 Å². The molecule has 2 aromatic heterocycles. The second kappa shape index (κ2) is 5.43. The lowest BCUT2D eigenvalue weighted by Crippen LogP contribution is -2.36. The third kappa shape index (κ3) is 2.75. The van der Waals surface area contributed by atoms with Crippen LogP contribution in [0.5, 0.6) is 0 Å². The van der Waals surface area contributed by atoms with Crippen LogP contribution in [0.25, 0.3) is 11.2 Å². The second-order valence-electron chi connectivity index (χ2n) is 5.73. The van der Waals surface area contributed by atoms with Crippen LogP contribution in [0.3, 0.4) is 0 Å². The summed E-state index contributed by atoms with van der Waals surface area (Å²) in [6.07, 6.45) is 1.99. The largest absolute Gasteiger partial charge is 0.394 e. The van der Waals surface area contributed by atoms with Gasteiger partial charge in [0.1, 0.15) is 24.2 Å². The van der Waals surface area contributed by atoms with E-state index in [9.17, 15) is 10.2 Å². The van der Waals surface area contributed by atoms with Crippen molar-refractivity contribution in [2.75, 3.05) is 12.3 Å². The standard InChI is InChI=1S/C13H19N5O4/c1-13(2,20)22-7-3-9(21-8(7)4-19)18-6-17-10-11(14)15-5-16-12(10)18/h5-9,19-20H,3-4H2,1-2H3,(H2,14,15,16)/t7-,8-,9-/m1/s1. The van der Waals surface area contributed by atoms with Gasteiger partial charge in [-0.3, -0.25) is 4.57 Å². The smallest absolute Gasteiger partial charge is 0.167 e. The van der Waals surface area contributed by atoms with Crippen molar-refractivity contribution in [2.24, 2.45) is 0 Å². The molecule has 2 aromatic rings. The third-order valence-corrected chi connectivity index (χ3v) is 3.50. The maximum absolute atomic E-state index is 9.80. The fourth-order valence-corrected chi connectivity index (χ4v) is 2.61. The Labute approximate surface area is 126 Å². The lowest BCUT2D eigenvalue weighted by Gasteiger charge is -2.25. The van der Waals surface area contributed by atoms with E-state index in [0.29, 0.717) is 23.4 Å². The summed E-state index contributed by atoms with van der Waals surface area (Å²) in [5, 5.41) is 19.2. The molecule has 120 valence electrons. The molecule has 4 N–H and O–H groups in total. The lowest BCUT2D eigenvalue weighted by molar-refractivity contribution is -0.216. The Balaban J connectivity index is 1.87. The van der Waals surface area contributed by atoms with E-state index in [1.54, 1.807) is 10.9 Å². The van der Waals surface area contributed by atoms with Gasteiger partial charge in [-0.2, -0.15) is 0 Å². The molecular formula is C13H19N5O4. The summed E-state index contributed by atoms with van der Waals surface area (Å²) < 4.78 is 13.1. The van der Waals surface area contributed by atoms with Gasteiger partial charge in [0.15, 0.2) is 17.3 Å². The first-order chi connectivity index (χ1) is 10.4. The number of aromatic nitrogens is 4. The van der Waals surface area contributed by atoms with Gasteiger partial charge < -0.3 is 25.4 Å². The van der Waals surface area contributed by atoms with Crippen LogP contribution < -0.4 is 5.73 Å². The fourth-order valence-electron chi connectivity index (χ4n) is 2.61. The van der Waals surface area contributed by atoms with Crippen LogP contribution >= 0.6 is 0 Å². The minimum absolute atomic E-state index is 0.207. The first kappa shape index (κ1) is 15.1. The third-order valence-electron chi connectivity index (χ3n) is 3.50. The molecule has 1 aliphatic heterocycles. The van der Waals surface area contributed by atoms with E-state index in [1.165, 1.54) is 20.2 Å². The molecule has 0 amide bonds. The van der Waals surface area contributed by atoms with Gasteiger partial charge in [-0.1, -0.05) is 0 Å². The van der Waals surface area contributed by atoms with Crippen LogP contribution in [-0.4, -0.2) is 54.3 Å². The minimum atomic E-state index is -1.31. The van der Waals surface area contributed by atoms with Crippen LogP contribution in [-0.2, 0) is 9.47 Å². The Bertz CT molecular complexity index is 668. The van der Waals surface area contributed by atoms with Crippen LogP contribution in [0.15, 0.2) is 12.7 Å². The number of nitrogen functional groups attached to an aromatic ring is 1. The molecule has 0 radical (unpaired) electrons. The predicted molar refractivity (Wildman–Crippen MR) is 76.5 cm³/mol. The Morgan fingerprint density at radius 1 is 1.45 bits per heavy atom. The number of hydrogen-bond donors (Lipinski definition) is 3. The molecule has 9 heteroatoms. The number of nitrogens with two attached hydrogens (primary N) is 1. The summed E-state index contributed by atoms with van der Waals surface area (Å²) in [6, 6.07) is 0. The number of fused-ring (bicyclic) bond motifs is 1. The first-order valence-electron chi connectivity index (χ1n) is 6.98. The van der Waals surface area contributed by atoms with E-state index in [2.05, 4.69) is 15.0 Å². The summed E-state index contributed by atoms with van der Waals surface area (Å²) in [5.41, 5.74) is 6.82. The number of hydrogen-bond acceptors (Lipinski definition) is 8. The van der Waals surface area contributed by atoms with Crippen molar-refractivity contribution in [1.29, 1.82) is 0 Å². The van der Waals surface area contributed by atoms with E-state index in [4.69, 9.17) is 15.2 Å². The molecule has 0 saturated carbocycles. The minimum Gasteiger partial charge on any atom is -0.394 e. The zero-order valence-electron chi connectivity index (χ0n) is 12.4. The van der Waals surface area contributed by atoms with Crippen molar-refractivity contribution in [1.82, 2.24) is 19.5 Å². The Morgan fingerprint density at radius 3 is 2.91 bits per heavy atom. The van der Waals surface area contributed by atoms with Crippen LogP contribution in [0, 0.1) is 0 Å². The van der Waals surface area contributed by atoms with Crippen molar-refractivity contribution < 1.29 is 19.7 Å². The number of nitrogens with zero attached hydrogens (tertiary/aromatic N) is 4. The van der Waals surface area contributed by atoms with Crippen molar-refractivity contribution in [3.8, 4) is 0 Å². The van der Waals surface area contributed by atoms with E-state index >= 15 is 0 Å². The predicted octanol–water partition coefficient (Wildman–Crippen LogP) is -0.198. The van der Waals surface area contributed by atoms with E-state index < -0.39 is 24.2 Å². The Kier molecular flexibility index (Phi) is 3.73. The van der Waals surface area contributed by atoms with Crippen molar-refractivity contribution >= 4 is 17.0 Å². The van der Waals surface area contributed by atoms with Gasteiger partial charge in [0, 0.05) is 6.42 Å². The second-order valence-corrected chi connectivity index (χ2v) is 5.73. The molecule has 1 fully saturated rings. The molecule has 1 saturated heterocycles. The molecular weight excluding hydrogens is 290 g/mol. The highest BCUT2D eigenvalue weighted by Gasteiger charge is 2.39. The lowest BCUT2D eigenvalue weighted by atomic mass is 10.1. The summed E-state index contributed by atoms with van der Waals surface area (Å²) in [4.78, 5) is 12.3. The normalized spacial score (nSPS) is 25.9. The summed E-state index contributed by atoms with van der Waals surface area (Å²) >= 11 is 0. The maximum Gasteiger partial charge on any atom is 0.167 e. The highest BCUT2D eigenvalue weighted by Crippen LogP contribution is 2.34. The molecule has 1 aliphatic rings. The van der Waals surface area contributed by atoms with Gasteiger partial charge in [-0.15, -0.1) is 0 Å². The molecule has 3 rings (SSSR count). The van der Waals surface area contributed by atoms with Crippen LogP contribution in [0.2, 0.25) is 0 Å². The number of anilines is 1. The summed E-state index contributed by atoms with van der Waals surface area (Å²) in [7, 11) is 0. The molecule has 0 aliphatic carbocycles. The summed E-state index contributed by atoms with van der Waals surface area (Å²) in [5.74, 6) is -1.01. The van der Waals surface area contributed by atoms with Crippen molar-refractivity contribution in [2.45, 2.75) is 44.5 Å². The number of rotatable bonds is 4. The van der Waals surface area contributed by atoms with Gasteiger partial charge in [0.2, 0.25) is 0 Å². The fraction of sp³-hybridized carbons (Fsp3) is 0.615. The molecule has 0 spiro atoms. The summed E-state index contributed by atoms with van der Waals surface area (Å²) in [6.45, 7) is 2.87. The zero-order valence-corrected chi connectivity index (χ0v) is 12.4. The molecule has 3 atom stereocenters. The Morgan fingerprint density at radius 2 is 2.23 bits per heavy atom. The number of ether oxygens (including phenoxy) is 2.